The summed E-state index contributed by atoms with van der Waals surface area (Å²) in [6.45, 7) is 7.48. The molecule has 1 atom stereocenters. The largest absolute Gasteiger partial charge is 0.496 e. The number of hydrogen-bond acceptors (Lipinski definition) is 3. The van der Waals surface area contributed by atoms with Gasteiger partial charge in [-0.1, -0.05) is 25.1 Å². The summed E-state index contributed by atoms with van der Waals surface area (Å²) in [7, 11) is 3.85. The number of nitrogens with zero attached hydrogens (tertiary/aromatic N) is 1. The van der Waals surface area contributed by atoms with Crippen LogP contribution in [-0.4, -0.2) is 38.7 Å². The van der Waals surface area contributed by atoms with Crippen molar-refractivity contribution in [1.29, 1.82) is 0 Å². The first kappa shape index (κ1) is 14.0. The highest BCUT2D eigenvalue weighted by Crippen LogP contribution is 2.23. The van der Waals surface area contributed by atoms with E-state index in [2.05, 4.69) is 37.2 Å². The Morgan fingerprint density at radius 1 is 1.35 bits per heavy atom. The van der Waals surface area contributed by atoms with Crippen LogP contribution in [0.4, 0.5) is 0 Å². The topological polar surface area (TPSA) is 24.5 Å². The van der Waals surface area contributed by atoms with E-state index in [0.717, 1.165) is 25.4 Å². The SMILES string of the molecule is CCN(C)CCNC(C)c1ccccc1OC. The molecular weight excluding hydrogens is 212 g/mol. The normalized spacial score (nSPS) is 12.8. The number of likely N-dealkylation sites (N-methyl/N-ethyl adjacent to an activating group) is 1. The third kappa shape index (κ3) is 4.36. The highest BCUT2D eigenvalue weighted by molar-refractivity contribution is 5.35. The summed E-state index contributed by atoms with van der Waals surface area (Å²) in [5.74, 6) is 0.955. The van der Waals surface area contributed by atoms with Crippen LogP contribution < -0.4 is 10.1 Å². The third-order valence-electron chi connectivity index (χ3n) is 3.09. The van der Waals surface area contributed by atoms with Crippen molar-refractivity contribution < 1.29 is 4.74 Å². The average Bonchev–Trinajstić information content (AvgIpc) is 2.38. The third-order valence-corrected chi connectivity index (χ3v) is 3.09. The van der Waals surface area contributed by atoms with Crippen LogP contribution in [0.2, 0.25) is 0 Å². The molecule has 0 bridgehead atoms. The van der Waals surface area contributed by atoms with E-state index in [0.29, 0.717) is 6.04 Å². The highest BCUT2D eigenvalue weighted by atomic mass is 16.5. The number of hydrogen-bond donors (Lipinski definition) is 1. The highest BCUT2D eigenvalue weighted by Gasteiger charge is 2.09. The summed E-state index contributed by atoms with van der Waals surface area (Å²) in [5.41, 5.74) is 1.22. The fourth-order valence-electron chi connectivity index (χ4n) is 1.76. The van der Waals surface area contributed by atoms with Crippen molar-refractivity contribution in [2.45, 2.75) is 19.9 Å². The first-order chi connectivity index (χ1) is 8.19. The minimum absolute atomic E-state index is 0.316. The molecule has 96 valence electrons. The van der Waals surface area contributed by atoms with E-state index in [-0.39, 0.29) is 0 Å². The van der Waals surface area contributed by atoms with Crippen molar-refractivity contribution in [3.8, 4) is 5.75 Å². The van der Waals surface area contributed by atoms with Crippen LogP contribution in [-0.2, 0) is 0 Å². The molecule has 0 saturated heterocycles. The zero-order valence-electron chi connectivity index (χ0n) is 11.4. The van der Waals surface area contributed by atoms with Crippen LogP contribution in [0.3, 0.4) is 0 Å². The van der Waals surface area contributed by atoms with Gasteiger partial charge in [0.25, 0.3) is 0 Å². The molecule has 0 fully saturated rings. The Bertz CT molecular complexity index is 328. The number of nitrogens with one attached hydrogen (secondary N) is 1. The first-order valence-corrected chi connectivity index (χ1v) is 6.23. The summed E-state index contributed by atoms with van der Waals surface area (Å²) in [5, 5.41) is 3.52. The van der Waals surface area contributed by atoms with Gasteiger partial charge in [-0.2, -0.15) is 0 Å². The second-order valence-electron chi connectivity index (χ2n) is 4.31. The van der Waals surface area contributed by atoms with Crippen LogP contribution >= 0.6 is 0 Å². The molecule has 3 heteroatoms. The van der Waals surface area contributed by atoms with E-state index in [4.69, 9.17) is 4.74 Å². The standard InChI is InChI=1S/C14H24N2O/c1-5-16(3)11-10-15-12(2)13-8-6-7-9-14(13)17-4/h6-9,12,15H,5,10-11H2,1-4H3. The van der Waals surface area contributed by atoms with Crippen molar-refractivity contribution in [2.75, 3.05) is 33.8 Å². The van der Waals surface area contributed by atoms with Crippen LogP contribution in [0.5, 0.6) is 5.75 Å². The van der Waals surface area contributed by atoms with Crippen molar-refractivity contribution in [3.63, 3.8) is 0 Å². The maximum Gasteiger partial charge on any atom is 0.123 e. The van der Waals surface area contributed by atoms with Gasteiger partial charge >= 0.3 is 0 Å². The molecule has 1 N–H and O–H groups in total. The van der Waals surface area contributed by atoms with Crippen LogP contribution in [0, 0.1) is 0 Å². The summed E-state index contributed by atoms with van der Waals surface area (Å²) < 4.78 is 5.36. The molecule has 0 amide bonds. The summed E-state index contributed by atoms with van der Waals surface area (Å²) in [6, 6.07) is 8.48. The van der Waals surface area contributed by atoms with Crippen molar-refractivity contribution >= 4 is 0 Å². The van der Waals surface area contributed by atoms with Crippen molar-refractivity contribution in [2.24, 2.45) is 0 Å². The molecule has 17 heavy (non-hydrogen) atoms. The lowest BCUT2D eigenvalue weighted by Gasteiger charge is -2.19. The molecule has 0 aromatic heterocycles. The van der Waals surface area contributed by atoms with Crippen LogP contribution in [0.15, 0.2) is 24.3 Å². The van der Waals surface area contributed by atoms with Gasteiger partial charge in [-0.05, 0) is 26.6 Å². The molecule has 1 rings (SSSR count). The number of benzene rings is 1. The minimum atomic E-state index is 0.316. The molecule has 0 heterocycles. The molecule has 0 spiro atoms. The number of rotatable bonds is 7. The molecule has 0 aliphatic rings. The lowest BCUT2D eigenvalue weighted by atomic mass is 10.1. The summed E-state index contributed by atoms with van der Waals surface area (Å²) >= 11 is 0. The van der Waals surface area contributed by atoms with E-state index >= 15 is 0 Å². The quantitative estimate of drug-likeness (QED) is 0.786. The van der Waals surface area contributed by atoms with Crippen LogP contribution in [0.1, 0.15) is 25.5 Å². The summed E-state index contributed by atoms with van der Waals surface area (Å²) in [6.07, 6.45) is 0. The van der Waals surface area contributed by atoms with Gasteiger partial charge in [-0.15, -0.1) is 0 Å². The van der Waals surface area contributed by atoms with E-state index in [1.807, 2.05) is 18.2 Å². The lowest BCUT2D eigenvalue weighted by Crippen LogP contribution is -2.30. The zero-order chi connectivity index (χ0) is 12.7. The predicted molar refractivity (Wildman–Crippen MR) is 72.6 cm³/mol. The van der Waals surface area contributed by atoms with E-state index in [9.17, 15) is 0 Å². The fourth-order valence-corrected chi connectivity index (χ4v) is 1.76. The predicted octanol–water partition coefficient (Wildman–Crippen LogP) is 2.30. The smallest absolute Gasteiger partial charge is 0.123 e. The molecule has 1 unspecified atom stereocenters. The number of methoxy groups -OCH3 is 1. The van der Waals surface area contributed by atoms with Gasteiger partial charge in [-0.3, -0.25) is 0 Å². The Morgan fingerprint density at radius 3 is 2.71 bits per heavy atom. The Kier molecular flexibility index (Phi) is 6.01. The zero-order valence-corrected chi connectivity index (χ0v) is 11.4. The molecule has 3 nitrogen and oxygen atoms in total. The van der Waals surface area contributed by atoms with E-state index in [1.165, 1.54) is 5.56 Å². The lowest BCUT2D eigenvalue weighted by molar-refractivity contribution is 0.340. The second-order valence-corrected chi connectivity index (χ2v) is 4.31. The molecular formula is C14H24N2O. The van der Waals surface area contributed by atoms with Gasteiger partial charge in [0.05, 0.1) is 7.11 Å². The molecule has 0 aliphatic carbocycles. The van der Waals surface area contributed by atoms with E-state index < -0.39 is 0 Å². The summed E-state index contributed by atoms with van der Waals surface area (Å²) in [4.78, 5) is 2.29. The van der Waals surface area contributed by atoms with Gasteiger partial charge in [0.2, 0.25) is 0 Å². The Morgan fingerprint density at radius 2 is 2.06 bits per heavy atom. The minimum Gasteiger partial charge on any atom is -0.496 e. The number of para-hydroxylation sites is 1. The van der Waals surface area contributed by atoms with Crippen LogP contribution in [0.25, 0.3) is 0 Å². The van der Waals surface area contributed by atoms with E-state index in [1.54, 1.807) is 7.11 Å². The van der Waals surface area contributed by atoms with Gasteiger partial charge in [0.1, 0.15) is 5.75 Å². The molecule has 1 aromatic carbocycles. The Labute approximate surface area is 105 Å². The fraction of sp³-hybridized carbons (Fsp3) is 0.571. The van der Waals surface area contributed by atoms with Crippen molar-refractivity contribution in [1.82, 2.24) is 10.2 Å². The molecule has 0 saturated carbocycles. The Balaban J connectivity index is 2.49. The maximum atomic E-state index is 5.36. The van der Waals surface area contributed by atoms with Crippen molar-refractivity contribution in [3.05, 3.63) is 29.8 Å². The van der Waals surface area contributed by atoms with Gasteiger partial charge in [0.15, 0.2) is 0 Å². The second kappa shape index (κ2) is 7.30. The first-order valence-electron chi connectivity index (χ1n) is 6.23. The molecule has 0 radical (unpaired) electrons. The number of ether oxygens (including phenoxy) is 1. The van der Waals surface area contributed by atoms with Gasteiger partial charge < -0.3 is 15.0 Å². The van der Waals surface area contributed by atoms with Gasteiger partial charge in [-0.25, -0.2) is 0 Å². The maximum absolute atomic E-state index is 5.36. The molecule has 0 aliphatic heterocycles. The average molecular weight is 236 g/mol. The van der Waals surface area contributed by atoms with Gasteiger partial charge in [0, 0.05) is 24.7 Å². The monoisotopic (exact) mass is 236 g/mol. The Hall–Kier alpha value is -1.06. The molecule has 1 aromatic rings.